The molecule has 0 aromatic rings. The van der Waals surface area contributed by atoms with E-state index in [4.69, 9.17) is 9.78 Å². The molecule has 0 N–H and O–H groups in total. The molecular weight excluding hydrogens is 200 g/mol. The molecule has 0 heterocycles. The Morgan fingerprint density at radius 1 is 1.06 bits per heavy atom. The molecule has 0 aromatic carbocycles. The second-order valence-corrected chi connectivity index (χ2v) is 5.44. The van der Waals surface area contributed by atoms with Gasteiger partial charge in [0.1, 0.15) is 0 Å². The number of hydrogen-bond donors (Lipinski definition) is 0. The molecule has 16 heavy (non-hydrogen) atoms. The van der Waals surface area contributed by atoms with Gasteiger partial charge in [-0.1, -0.05) is 32.6 Å². The highest BCUT2D eigenvalue weighted by Crippen LogP contribution is 2.19. The lowest BCUT2D eigenvalue weighted by Crippen LogP contribution is -2.31. The Morgan fingerprint density at radius 3 is 2.00 bits per heavy atom. The zero-order valence-corrected chi connectivity index (χ0v) is 11.8. The van der Waals surface area contributed by atoms with E-state index in [-0.39, 0.29) is 5.60 Å². The summed E-state index contributed by atoms with van der Waals surface area (Å²) in [5.41, 5.74) is -0.800. The molecule has 0 aliphatic heterocycles. The van der Waals surface area contributed by atoms with Gasteiger partial charge in [0, 0.05) is 5.92 Å². The molecule has 2 atom stereocenters. The van der Waals surface area contributed by atoms with Crippen molar-refractivity contribution in [3.63, 3.8) is 0 Å². The van der Waals surface area contributed by atoms with Crippen molar-refractivity contribution in [2.24, 2.45) is 5.92 Å². The fourth-order valence-electron chi connectivity index (χ4n) is 0.763. The Hall–Kier alpha value is -0.520. The number of rotatable bonds is 4. The predicted molar refractivity (Wildman–Crippen MR) is 67.9 cm³/mol. The van der Waals surface area contributed by atoms with Crippen molar-refractivity contribution in [3.05, 3.63) is 0 Å². The molecule has 0 fully saturated rings. The average molecular weight is 226 g/mol. The van der Waals surface area contributed by atoms with Crippen molar-refractivity contribution in [2.75, 3.05) is 0 Å². The third-order valence-corrected chi connectivity index (χ3v) is 2.35. The molecule has 0 saturated heterocycles. The summed E-state index contributed by atoms with van der Waals surface area (Å²) in [5.74, 6) is 6.78. The van der Waals surface area contributed by atoms with Gasteiger partial charge in [0.05, 0.1) is 5.60 Å². The third kappa shape index (κ3) is 6.87. The van der Waals surface area contributed by atoms with E-state index < -0.39 is 5.60 Å². The van der Waals surface area contributed by atoms with Gasteiger partial charge in [-0.25, -0.2) is 9.78 Å². The van der Waals surface area contributed by atoms with E-state index in [1.54, 1.807) is 0 Å². The lowest BCUT2D eigenvalue weighted by Gasteiger charge is -2.26. The largest absolute Gasteiger partial charge is 0.229 e. The van der Waals surface area contributed by atoms with Crippen LogP contribution in [0.5, 0.6) is 0 Å². The summed E-state index contributed by atoms with van der Waals surface area (Å²) >= 11 is 0. The van der Waals surface area contributed by atoms with Crippen molar-refractivity contribution < 1.29 is 9.78 Å². The van der Waals surface area contributed by atoms with Gasteiger partial charge in [0.15, 0.2) is 5.60 Å². The van der Waals surface area contributed by atoms with Crippen molar-refractivity contribution in [1.29, 1.82) is 0 Å². The van der Waals surface area contributed by atoms with Crippen LogP contribution in [0.3, 0.4) is 0 Å². The lowest BCUT2D eigenvalue weighted by molar-refractivity contribution is -0.388. The minimum Gasteiger partial charge on any atom is -0.229 e. The zero-order valence-electron chi connectivity index (χ0n) is 11.8. The Balaban J connectivity index is 4.46. The lowest BCUT2D eigenvalue weighted by atomic mass is 10.0. The molecule has 0 aliphatic carbocycles. The molecule has 2 nitrogen and oxygen atoms in total. The van der Waals surface area contributed by atoms with Gasteiger partial charge in [-0.2, -0.15) is 0 Å². The maximum atomic E-state index is 5.46. The molecule has 0 bridgehead atoms. The average Bonchev–Trinajstić information content (AvgIpc) is 2.22. The second-order valence-electron chi connectivity index (χ2n) is 5.44. The van der Waals surface area contributed by atoms with Gasteiger partial charge < -0.3 is 0 Å². The van der Waals surface area contributed by atoms with Crippen LogP contribution in [0.2, 0.25) is 0 Å². The van der Waals surface area contributed by atoms with E-state index in [0.29, 0.717) is 5.92 Å². The highest BCUT2D eigenvalue weighted by atomic mass is 17.2. The van der Waals surface area contributed by atoms with Crippen LogP contribution in [0.4, 0.5) is 0 Å². The molecule has 0 radical (unpaired) electrons. The highest BCUT2D eigenvalue weighted by Gasteiger charge is 2.25. The maximum Gasteiger partial charge on any atom is 0.160 e. The van der Waals surface area contributed by atoms with E-state index in [9.17, 15) is 0 Å². The fourth-order valence-corrected chi connectivity index (χ4v) is 0.763. The van der Waals surface area contributed by atoms with Gasteiger partial charge >= 0.3 is 0 Å². The Morgan fingerprint density at radius 2 is 1.62 bits per heavy atom. The quantitative estimate of drug-likeness (QED) is 0.410. The minimum absolute atomic E-state index is 0.297. The summed E-state index contributed by atoms with van der Waals surface area (Å²) < 4.78 is 0. The van der Waals surface area contributed by atoms with E-state index in [0.717, 1.165) is 12.8 Å². The van der Waals surface area contributed by atoms with E-state index in [1.165, 1.54) is 0 Å². The first-order valence-corrected chi connectivity index (χ1v) is 6.12. The normalized spacial score (nSPS) is 17.2. The molecule has 0 aliphatic rings. The third-order valence-electron chi connectivity index (χ3n) is 2.35. The first kappa shape index (κ1) is 15.5. The van der Waals surface area contributed by atoms with Gasteiger partial charge in [-0.15, -0.1) is 0 Å². The molecule has 0 amide bonds. The summed E-state index contributed by atoms with van der Waals surface area (Å²) in [6.07, 6.45) is 1.87. The topological polar surface area (TPSA) is 18.5 Å². The van der Waals surface area contributed by atoms with Crippen molar-refractivity contribution >= 4 is 0 Å². The van der Waals surface area contributed by atoms with Crippen molar-refractivity contribution in [3.8, 4) is 11.8 Å². The van der Waals surface area contributed by atoms with Gasteiger partial charge in [0.2, 0.25) is 0 Å². The fraction of sp³-hybridized carbons (Fsp3) is 0.857. The van der Waals surface area contributed by atoms with Crippen LogP contribution in [0.1, 0.15) is 61.3 Å². The molecular formula is C14H26O2. The van der Waals surface area contributed by atoms with Crippen LogP contribution in [0, 0.1) is 17.8 Å². The van der Waals surface area contributed by atoms with Crippen LogP contribution in [-0.2, 0) is 9.78 Å². The number of hydrogen-bond acceptors (Lipinski definition) is 2. The molecule has 2 unspecified atom stereocenters. The summed E-state index contributed by atoms with van der Waals surface area (Å²) in [5, 5.41) is 0. The zero-order chi connectivity index (χ0) is 12.8. The van der Waals surface area contributed by atoms with Gasteiger partial charge in [-0.3, -0.25) is 0 Å². The van der Waals surface area contributed by atoms with Gasteiger partial charge in [0.25, 0.3) is 0 Å². The summed E-state index contributed by atoms with van der Waals surface area (Å²) in [7, 11) is 0. The smallest absolute Gasteiger partial charge is 0.160 e. The molecule has 2 heteroatoms. The molecule has 0 rings (SSSR count). The first-order chi connectivity index (χ1) is 7.22. The van der Waals surface area contributed by atoms with E-state index in [1.807, 2.05) is 27.7 Å². The SMILES string of the molecule is CCC(C)C#CC(C)(CC)OOC(C)(C)C. The Kier molecular flexibility index (Phi) is 6.07. The highest BCUT2D eigenvalue weighted by molar-refractivity contribution is 5.13. The van der Waals surface area contributed by atoms with E-state index >= 15 is 0 Å². The standard InChI is InChI=1S/C14H26O2/c1-8-12(3)10-11-14(7,9-2)16-15-13(4,5)6/h12H,8-9H2,1-7H3. The second kappa shape index (κ2) is 6.27. The van der Waals surface area contributed by atoms with Crippen LogP contribution in [-0.4, -0.2) is 11.2 Å². The molecule has 0 saturated carbocycles. The summed E-state index contributed by atoms with van der Waals surface area (Å²) in [4.78, 5) is 10.8. The monoisotopic (exact) mass is 226 g/mol. The minimum atomic E-state index is -0.503. The molecule has 0 aromatic heterocycles. The van der Waals surface area contributed by atoms with Crippen LogP contribution >= 0.6 is 0 Å². The van der Waals surface area contributed by atoms with E-state index in [2.05, 4.69) is 32.6 Å². The summed E-state index contributed by atoms with van der Waals surface area (Å²) in [6.45, 7) is 14.2. The molecule has 0 spiro atoms. The molecule has 94 valence electrons. The van der Waals surface area contributed by atoms with Crippen LogP contribution < -0.4 is 0 Å². The maximum absolute atomic E-state index is 5.46. The van der Waals surface area contributed by atoms with Crippen molar-refractivity contribution in [1.82, 2.24) is 0 Å². The van der Waals surface area contributed by atoms with Crippen LogP contribution in [0.25, 0.3) is 0 Å². The summed E-state index contributed by atoms with van der Waals surface area (Å²) in [6, 6.07) is 0. The van der Waals surface area contributed by atoms with Crippen LogP contribution in [0.15, 0.2) is 0 Å². The predicted octanol–water partition coefficient (Wildman–Crippen LogP) is 3.95. The van der Waals surface area contributed by atoms with Crippen molar-refractivity contribution in [2.45, 2.75) is 72.5 Å². The Labute approximate surface area is 101 Å². The Bertz CT molecular complexity index is 254. The first-order valence-electron chi connectivity index (χ1n) is 6.12. The van der Waals surface area contributed by atoms with Gasteiger partial charge in [-0.05, 0) is 40.5 Å².